The molecule has 3 amide bonds. The number of carbonyl (C=O) groups is 4. The molecule has 0 saturated carbocycles. The summed E-state index contributed by atoms with van der Waals surface area (Å²) in [4.78, 5) is 52.9. The van der Waals surface area contributed by atoms with E-state index in [-0.39, 0.29) is 24.9 Å². The summed E-state index contributed by atoms with van der Waals surface area (Å²) in [7, 11) is 0. The van der Waals surface area contributed by atoms with E-state index in [1.807, 2.05) is 74.5 Å². The summed E-state index contributed by atoms with van der Waals surface area (Å²) in [6.45, 7) is 10.8. The van der Waals surface area contributed by atoms with Gasteiger partial charge >= 0.3 is 12.1 Å². The summed E-state index contributed by atoms with van der Waals surface area (Å²) in [6, 6.07) is 20.7. The van der Waals surface area contributed by atoms with Crippen molar-refractivity contribution in [1.82, 2.24) is 16.0 Å². The molecule has 3 aromatic carbocycles. The molecule has 0 unspecified atom stereocenters. The molecule has 3 N–H and O–H groups in total. The van der Waals surface area contributed by atoms with Crippen molar-refractivity contribution in [3.8, 4) is 11.1 Å². The van der Waals surface area contributed by atoms with Crippen molar-refractivity contribution >= 4 is 46.5 Å². The molecule has 47 heavy (non-hydrogen) atoms. The van der Waals surface area contributed by atoms with Gasteiger partial charge in [0.25, 0.3) is 0 Å². The maximum absolute atomic E-state index is 13.7. The third kappa shape index (κ3) is 10.0. The second-order valence-corrected chi connectivity index (χ2v) is 14.6. The first-order valence-corrected chi connectivity index (χ1v) is 17.0. The van der Waals surface area contributed by atoms with Crippen LogP contribution in [0, 0.1) is 9.49 Å². The van der Waals surface area contributed by atoms with E-state index in [0.717, 1.165) is 31.4 Å². The Bertz CT molecular complexity index is 1540. The van der Waals surface area contributed by atoms with E-state index in [9.17, 15) is 19.2 Å². The van der Waals surface area contributed by atoms with Gasteiger partial charge < -0.3 is 25.4 Å². The molecule has 0 heterocycles. The minimum absolute atomic E-state index is 0.0958. The molecule has 0 bridgehead atoms. The van der Waals surface area contributed by atoms with Gasteiger partial charge in [0.15, 0.2) is 0 Å². The van der Waals surface area contributed by atoms with Crippen molar-refractivity contribution in [3.63, 3.8) is 0 Å². The molecule has 10 heteroatoms. The molecule has 0 aliphatic heterocycles. The van der Waals surface area contributed by atoms with Gasteiger partial charge in [-0.15, -0.1) is 0 Å². The van der Waals surface area contributed by atoms with Gasteiger partial charge in [-0.25, -0.2) is 9.59 Å². The molecule has 0 spiro atoms. The summed E-state index contributed by atoms with van der Waals surface area (Å²) >= 11 is 2.19. The zero-order chi connectivity index (χ0) is 34.3. The van der Waals surface area contributed by atoms with Crippen molar-refractivity contribution < 1.29 is 28.7 Å². The fraction of sp³-hybridized carbons (Fsp3) is 0.405. The summed E-state index contributed by atoms with van der Waals surface area (Å²) < 4.78 is 12.2. The van der Waals surface area contributed by atoms with Crippen LogP contribution in [0.3, 0.4) is 0 Å². The number of hydrogen-bond donors (Lipinski definition) is 3. The van der Waals surface area contributed by atoms with Gasteiger partial charge in [-0.2, -0.15) is 0 Å². The topological polar surface area (TPSA) is 123 Å². The highest BCUT2D eigenvalue weighted by Gasteiger charge is 2.32. The van der Waals surface area contributed by atoms with Gasteiger partial charge in [0.05, 0.1) is 0 Å². The first kappa shape index (κ1) is 35.9. The molecule has 4 rings (SSSR count). The van der Waals surface area contributed by atoms with E-state index in [1.54, 1.807) is 20.8 Å². The average molecular weight is 754 g/mol. The molecular formula is C37H44IN3O6. The van der Waals surface area contributed by atoms with E-state index in [4.69, 9.17) is 9.47 Å². The summed E-state index contributed by atoms with van der Waals surface area (Å²) in [6.07, 6.45) is -0.200. The minimum atomic E-state index is -1.02. The highest BCUT2D eigenvalue weighted by molar-refractivity contribution is 14.1. The quantitative estimate of drug-likeness (QED) is 0.152. The van der Waals surface area contributed by atoms with E-state index < -0.39 is 47.6 Å². The number of fused-ring (bicyclic) bond motifs is 3. The first-order chi connectivity index (χ1) is 22.2. The second-order valence-electron chi connectivity index (χ2n) is 13.3. The third-order valence-electron chi connectivity index (χ3n) is 7.77. The number of hydrogen-bond acceptors (Lipinski definition) is 6. The summed E-state index contributed by atoms with van der Waals surface area (Å²) in [5, 5.41) is 8.19. The number of nitrogens with one attached hydrogen (secondary N) is 3. The molecule has 0 aromatic heterocycles. The van der Waals surface area contributed by atoms with Crippen LogP contribution in [0.2, 0.25) is 0 Å². The van der Waals surface area contributed by atoms with Crippen LogP contribution in [-0.4, -0.2) is 54.2 Å². The molecule has 3 aromatic rings. The van der Waals surface area contributed by atoms with Crippen molar-refractivity contribution in [2.45, 2.75) is 84.0 Å². The van der Waals surface area contributed by atoms with Crippen LogP contribution in [-0.2, 0) is 30.3 Å². The lowest BCUT2D eigenvalue weighted by molar-refractivity contribution is -0.159. The maximum atomic E-state index is 13.7. The smallest absolute Gasteiger partial charge is 0.407 e. The molecule has 1 aliphatic rings. The molecule has 1 aliphatic carbocycles. The number of carbonyl (C=O) groups excluding carboxylic acids is 4. The van der Waals surface area contributed by atoms with E-state index in [2.05, 4.69) is 50.7 Å². The van der Waals surface area contributed by atoms with Crippen LogP contribution in [0.5, 0.6) is 0 Å². The highest BCUT2D eigenvalue weighted by atomic mass is 127. The standard InChI is InChI=1S/C37H44IN3O6/c1-22(2)19-32(35(44)47-37(4,5)6)41-34(43)31(20-24-15-17-25(38)18-16-24)40-33(42)23(3)39-36(45)46-21-30-28-13-9-7-11-26(28)27-12-8-10-14-29(27)30/h7-18,22-23,30-32H,19-21H2,1-6H3,(H,39,45)(H,40,42)(H,41,43)/t23-,31-,32-/m0/s1. The Labute approximate surface area is 290 Å². The van der Waals surface area contributed by atoms with Gasteiger partial charge in [-0.3, -0.25) is 9.59 Å². The Hall–Kier alpha value is -3.93. The Morgan fingerprint density at radius 2 is 1.32 bits per heavy atom. The van der Waals surface area contributed by atoms with Crippen LogP contribution < -0.4 is 16.0 Å². The predicted molar refractivity (Wildman–Crippen MR) is 190 cm³/mol. The molecule has 9 nitrogen and oxygen atoms in total. The van der Waals surface area contributed by atoms with E-state index >= 15 is 0 Å². The van der Waals surface area contributed by atoms with Crippen molar-refractivity contribution in [1.29, 1.82) is 0 Å². The Kier molecular flexibility index (Phi) is 12.1. The summed E-state index contributed by atoms with van der Waals surface area (Å²) in [5.74, 6) is -1.66. The average Bonchev–Trinajstić information content (AvgIpc) is 3.32. The number of ether oxygens (including phenoxy) is 2. The fourth-order valence-corrected chi connectivity index (χ4v) is 5.93. The SMILES string of the molecule is CC(C)C[C@H](NC(=O)[C@H](Cc1ccc(I)cc1)NC(=O)[C@H](C)NC(=O)OCC1c2ccccc2-c2ccccc21)C(=O)OC(C)(C)C. The number of esters is 1. The number of halogens is 1. The van der Waals surface area contributed by atoms with Crippen LogP contribution in [0.1, 0.15) is 70.6 Å². The van der Waals surface area contributed by atoms with Gasteiger partial charge in [0, 0.05) is 15.9 Å². The Morgan fingerprint density at radius 3 is 1.87 bits per heavy atom. The lowest BCUT2D eigenvalue weighted by atomic mass is 9.98. The molecule has 0 saturated heterocycles. The van der Waals surface area contributed by atoms with Gasteiger partial charge in [0.2, 0.25) is 11.8 Å². The van der Waals surface area contributed by atoms with Gasteiger partial charge in [-0.05, 0) is 103 Å². The maximum Gasteiger partial charge on any atom is 0.407 e. The van der Waals surface area contributed by atoms with Crippen molar-refractivity contribution in [2.24, 2.45) is 5.92 Å². The van der Waals surface area contributed by atoms with Crippen LogP contribution >= 0.6 is 22.6 Å². The van der Waals surface area contributed by atoms with Crippen LogP contribution in [0.4, 0.5) is 4.79 Å². The van der Waals surface area contributed by atoms with Crippen LogP contribution in [0.25, 0.3) is 11.1 Å². The van der Waals surface area contributed by atoms with Gasteiger partial charge in [0.1, 0.15) is 30.3 Å². The lowest BCUT2D eigenvalue weighted by Crippen LogP contribution is -2.56. The first-order valence-electron chi connectivity index (χ1n) is 15.9. The van der Waals surface area contributed by atoms with E-state index in [0.29, 0.717) is 6.42 Å². The fourth-order valence-electron chi connectivity index (χ4n) is 5.58. The normalized spacial score (nSPS) is 14.3. The molecule has 3 atom stereocenters. The number of amides is 3. The lowest BCUT2D eigenvalue weighted by Gasteiger charge is -2.27. The van der Waals surface area contributed by atoms with Crippen LogP contribution in [0.15, 0.2) is 72.8 Å². The monoisotopic (exact) mass is 753 g/mol. The predicted octanol–water partition coefficient (Wildman–Crippen LogP) is 6.12. The van der Waals surface area contributed by atoms with E-state index in [1.165, 1.54) is 6.92 Å². The highest BCUT2D eigenvalue weighted by Crippen LogP contribution is 2.44. The molecule has 0 radical (unpaired) electrons. The van der Waals surface area contributed by atoms with Gasteiger partial charge in [-0.1, -0.05) is 74.5 Å². The van der Waals surface area contributed by atoms with Crippen molar-refractivity contribution in [2.75, 3.05) is 6.61 Å². The Morgan fingerprint density at radius 1 is 0.766 bits per heavy atom. The molecule has 250 valence electrons. The number of rotatable bonds is 12. The number of alkyl carbamates (subject to hydrolysis) is 1. The molecular weight excluding hydrogens is 709 g/mol. The zero-order valence-electron chi connectivity index (χ0n) is 27.8. The molecule has 0 fully saturated rings. The van der Waals surface area contributed by atoms with Crippen molar-refractivity contribution in [3.05, 3.63) is 93.1 Å². The summed E-state index contributed by atoms with van der Waals surface area (Å²) in [5.41, 5.74) is 4.49. The minimum Gasteiger partial charge on any atom is -0.458 e. The number of benzene rings is 3. The second kappa shape index (κ2) is 15.8. The Balaban J connectivity index is 1.42. The zero-order valence-corrected chi connectivity index (χ0v) is 29.9. The largest absolute Gasteiger partial charge is 0.458 e. The third-order valence-corrected chi connectivity index (χ3v) is 8.49.